The summed E-state index contributed by atoms with van der Waals surface area (Å²) in [6, 6.07) is 0.375. The van der Waals surface area contributed by atoms with Crippen LogP contribution in [0.4, 0.5) is 0 Å². The number of carbonyl (C=O) groups excluding carboxylic acids is 1. The van der Waals surface area contributed by atoms with Crippen molar-refractivity contribution in [3.8, 4) is 0 Å². The Hall–Kier alpha value is -1.14. The molecule has 0 aromatic carbocycles. The minimum atomic E-state index is 0.183. The lowest BCUT2D eigenvalue weighted by molar-refractivity contribution is -0.119. The van der Waals surface area contributed by atoms with Gasteiger partial charge in [-0.25, -0.2) is 9.97 Å². The molecule has 2 heterocycles. The molecule has 0 aliphatic heterocycles. The van der Waals surface area contributed by atoms with Gasteiger partial charge in [-0.2, -0.15) is 0 Å². The van der Waals surface area contributed by atoms with Gasteiger partial charge in [0.25, 0.3) is 0 Å². The molecule has 2 aromatic rings. The fourth-order valence-corrected chi connectivity index (χ4v) is 11.0. The zero-order chi connectivity index (χ0) is 23.6. The van der Waals surface area contributed by atoms with Crippen LogP contribution in [0.1, 0.15) is 100 Å². The molecule has 1 amide bonds. The smallest absolute Gasteiger partial charge is 0.230 e. The second-order valence-electron chi connectivity index (χ2n) is 12.8. The highest BCUT2D eigenvalue weighted by molar-refractivity contribution is 8.00. The number of carbonyl (C=O) groups is 1. The second kappa shape index (κ2) is 9.01. The van der Waals surface area contributed by atoms with Gasteiger partial charge in [0.1, 0.15) is 15.7 Å². The highest BCUT2D eigenvalue weighted by atomic mass is 32.2. The molecule has 0 saturated heterocycles. The summed E-state index contributed by atoms with van der Waals surface area (Å²) in [7, 11) is 0. The number of thioether (sulfide) groups is 1. The Kier molecular flexibility index (Phi) is 5.92. The number of nitrogens with zero attached hydrogens (tertiary/aromatic N) is 2. The molecule has 5 fully saturated rings. The van der Waals surface area contributed by atoms with Gasteiger partial charge in [0, 0.05) is 21.7 Å². The van der Waals surface area contributed by atoms with E-state index < -0.39 is 0 Å². The first-order chi connectivity index (χ1) is 17.0. The lowest BCUT2D eigenvalue weighted by atomic mass is 9.49. The van der Waals surface area contributed by atoms with Crippen molar-refractivity contribution in [1.29, 1.82) is 0 Å². The van der Waals surface area contributed by atoms with Crippen LogP contribution in [-0.2, 0) is 23.1 Å². The van der Waals surface area contributed by atoms with Crippen LogP contribution in [-0.4, -0.2) is 27.7 Å². The number of aryl methyl sites for hydroxylation is 1. The van der Waals surface area contributed by atoms with Gasteiger partial charge in [0.2, 0.25) is 5.91 Å². The van der Waals surface area contributed by atoms with Gasteiger partial charge >= 0.3 is 0 Å². The van der Waals surface area contributed by atoms with E-state index >= 15 is 0 Å². The van der Waals surface area contributed by atoms with Gasteiger partial charge in [0.15, 0.2) is 0 Å². The molecule has 6 aliphatic rings. The Labute approximate surface area is 217 Å². The molecule has 35 heavy (non-hydrogen) atoms. The molecule has 0 unspecified atom stereocenters. The molecule has 188 valence electrons. The van der Waals surface area contributed by atoms with Crippen LogP contribution in [0.25, 0.3) is 10.2 Å². The van der Waals surface area contributed by atoms with Crippen molar-refractivity contribution in [3.63, 3.8) is 0 Å². The highest BCUT2D eigenvalue weighted by Gasteiger charge is 2.53. The van der Waals surface area contributed by atoms with E-state index in [2.05, 4.69) is 12.2 Å². The second-order valence-corrected chi connectivity index (χ2v) is 14.8. The van der Waals surface area contributed by atoms with E-state index in [1.54, 1.807) is 11.8 Å². The summed E-state index contributed by atoms with van der Waals surface area (Å²) in [6.45, 7) is 2.38. The number of hydrogen-bond acceptors (Lipinski definition) is 5. The predicted octanol–water partition coefficient (Wildman–Crippen LogP) is 6.82. The maximum Gasteiger partial charge on any atom is 0.230 e. The van der Waals surface area contributed by atoms with Crippen LogP contribution in [0.5, 0.6) is 0 Å². The summed E-state index contributed by atoms with van der Waals surface area (Å²) in [5.41, 5.74) is 1.69. The fraction of sp³-hybridized carbons (Fsp3) is 0.759. The average molecular weight is 510 g/mol. The number of thiophene rings is 1. The van der Waals surface area contributed by atoms with E-state index in [0.717, 1.165) is 53.8 Å². The quantitative estimate of drug-likeness (QED) is 0.355. The van der Waals surface area contributed by atoms with Crippen molar-refractivity contribution in [2.24, 2.45) is 23.7 Å². The summed E-state index contributed by atoms with van der Waals surface area (Å²) in [5, 5.41) is 5.72. The van der Waals surface area contributed by atoms with E-state index in [1.165, 1.54) is 91.3 Å². The van der Waals surface area contributed by atoms with Crippen molar-refractivity contribution in [2.75, 3.05) is 5.75 Å². The first-order valence-electron chi connectivity index (χ1n) is 14.3. The number of rotatable bonds is 5. The Balaban J connectivity index is 1.22. The third kappa shape index (κ3) is 4.24. The molecule has 1 N–H and O–H groups in total. The molecule has 6 aliphatic carbocycles. The van der Waals surface area contributed by atoms with Gasteiger partial charge < -0.3 is 5.32 Å². The summed E-state index contributed by atoms with van der Waals surface area (Å²) in [4.78, 5) is 26.4. The standard InChI is InChI=1S/C29H39N3OS2/c1-17-7-8-22-23(9-17)35-27-25(22)26(34-16-24(33)30-21-5-3-2-4-6-21)31-28(32-27)29-13-18-10-19(14-29)12-20(11-18)15-29/h17-21H,2-16H2,1H3,(H,30,33)/t17-,18?,19?,20?,29?/m0/s1. The SMILES string of the molecule is C[C@H]1CCc2c(sc3nc(C45CC6CC(CC(C6)C4)C5)nc(SCC(=O)NC4CCCCC4)c23)C1. The number of fused-ring (bicyclic) bond motifs is 3. The summed E-state index contributed by atoms with van der Waals surface area (Å²) in [5.74, 6) is 5.20. The zero-order valence-corrected chi connectivity index (χ0v) is 22.7. The number of hydrogen-bond donors (Lipinski definition) is 1. The van der Waals surface area contributed by atoms with Gasteiger partial charge in [0.05, 0.1) is 5.75 Å². The van der Waals surface area contributed by atoms with Crippen LogP contribution >= 0.6 is 23.1 Å². The van der Waals surface area contributed by atoms with Crippen molar-refractivity contribution in [3.05, 3.63) is 16.3 Å². The summed E-state index contributed by atoms with van der Waals surface area (Å²) in [6.07, 6.45) is 17.8. The van der Waals surface area contributed by atoms with Crippen molar-refractivity contribution in [2.45, 2.75) is 113 Å². The summed E-state index contributed by atoms with van der Waals surface area (Å²) >= 11 is 3.62. The maximum atomic E-state index is 12.9. The van der Waals surface area contributed by atoms with Gasteiger partial charge in [-0.15, -0.1) is 11.3 Å². The van der Waals surface area contributed by atoms with E-state index in [0.29, 0.717) is 11.8 Å². The van der Waals surface area contributed by atoms with Gasteiger partial charge in [-0.05, 0) is 99.9 Å². The van der Waals surface area contributed by atoms with Crippen LogP contribution in [0, 0.1) is 23.7 Å². The normalized spacial score (nSPS) is 34.3. The minimum Gasteiger partial charge on any atom is -0.353 e. The Bertz CT molecular complexity index is 1100. The number of nitrogens with one attached hydrogen (secondary N) is 1. The molecule has 5 saturated carbocycles. The molecule has 0 radical (unpaired) electrons. The molecule has 1 atom stereocenters. The summed E-state index contributed by atoms with van der Waals surface area (Å²) < 4.78 is 0. The van der Waals surface area contributed by atoms with Crippen molar-refractivity contribution >= 4 is 39.2 Å². The molecule has 0 spiro atoms. The molecule has 4 nitrogen and oxygen atoms in total. The Morgan fingerprint density at radius 3 is 2.46 bits per heavy atom. The van der Waals surface area contributed by atoms with Gasteiger partial charge in [-0.1, -0.05) is 37.9 Å². The molecule has 4 bridgehead atoms. The van der Waals surface area contributed by atoms with Crippen LogP contribution in [0.15, 0.2) is 5.03 Å². The van der Waals surface area contributed by atoms with E-state index in [-0.39, 0.29) is 11.3 Å². The Morgan fingerprint density at radius 1 is 1.03 bits per heavy atom. The number of aromatic nitrogens is 2. The first kappa shape index (κ1) is 23.0. The number of amides is 1. The predicted molar refractivity (Wildman–Crippen MR) is 144 cm³/mol. The third-order valence-corrected chi connectivity index (χ3v) is 12.1. The maximum absolute atomic E-state index is 12.9. The zero-order valence-electron chi connectivity index (χ0n) is 21.1. The molecular formula is C29H39N3OS2. The van der Waals surface area contributed by atoms with Crippen LogP contribution in [0.2, 0.25) is 0 Å². The Morgan fingerprint density at radius 2 is 1.74 bits per heavy atom. The highest BCUT2D eigenvalue weighted by Crippen LogP contribution is 2.60. The van der Waals surface area contributed by atoms with Crippen molar-refractivity contribution < 1.29 is 4.79 Å². The van der Waals surface area contributed by atoms with Crippen LogP contribution in [0.3, 0.4) is 0 Å². The van der Waals surface area contributed by atoms with Crippen molar-refractivity contribution in [1.82, 2.24) is 15.3 Å². The minimum absolute atomic E-state index is 0.183. The largest absolute Gasteiger partial charge is 0.353 e. The molecule has 2 aromatic heterocycles. The fourth-order valence-electron chi connectivity index (χ4n) is 8.69. The topological polar surface area (TPSA) is 54.9 Å². The first-order valence-corrected chi connectivity index (χ1v) is 16.1. The van der Waals surface area contributed by atoms with E-state index in [4.69, 9.17) is 9.97 Å². The van der Waals surface area contributed by atoms with E-state index in [1.807, 2.05) is 11.3 Å². The monoisotopic (exact) mass is 509 g/mol. The van der Waals surface area contributed by atoms with Crippen LogP contribution < -0.4 is 5.32 Å². The molecular weight excluding hydrogens is 470 g/mol. The van der Waals surface area contributed by atoms with Gasteiger partial charge in [-0.3, -0.25) is 4.79 Å². The third-order valence-electron chi connectivity index (χ3n) is 9.94. The molecule has 6 heteroatoms. The lowest BCUT2D eigenvalue weighted by Gasteiger charge is -2.56. The lowest BCUT2D eigenvalue weighted by Crippen LogP contribution is -2.49. The molecule has 8 rings (SSSR count). The van der Waals surface area contributed by atoms with E-state index in [9.17, 15) is 4.79 Å². The average Bonchev–Trinajstić information content (AvgIpc) is 3.20.